The van der Waals surface area contributed by atoms with Gasteiger partial charge in [0, 0.05) is 23.3 Å². The molecule has 0 bridgehead atoms. The normalized spacial score (nSPS) is 14.1. The Morgan fingerprint density at radius 3 is 2.47 bits per heavy atom. The van der Waals surface area contributed by atoms with Crippen molar-refractivity contribution in [2.24, 2.45) is 0 Å². The number of para-hydroxylation sites is 1. The van der Waals surface area contributed by atoms with Crippen LogP contribution in [0.1, 0.15) is 21.5 Å². The van der Waals surface area contributed by atoms with Crippen molar-refractivity contribution in [1.29, 1.82) is 0 Å². The van der Waals surface area contributed by atoms with E-state index in [0.717, 1.165) is 22.3 Å². The summed E-state index contributed by atoms with van der Waals surface area (Å²) in [6.07, 6.45) is 1.64. The minimum absolute atomic E-state index is 0.000240. The fourth-order valence-corrected chi connectivity index (χ4v) is 4.39. The van der Waals surface area contributed by atoms with E-state index in [1.165, 1.54) is 19.2 Å². The molecule has 0 atom stereocenters. The van der Waals surface area contributed by atoms with Crippen molar-refractivity contribution < 1.29 is 24.0 Å². The maximum absolute atomic E-state index is 13.0. The highest BCUT2D eigenvalue weighted by Crippen LogP contribution is 2.33. The number of ether oxygens (including phenoxy) is 2. The van der Waals surface area contributed by atoms with E-state index >= 15 is 0 Å². The van der Waals surface area contributed by atoms with Crippen molar-refractivity contribution >= 4 is 51.9 Å². The molecule has 0 unspecified atom stereocenters. The molecule has 4 rings (SSSR count). The number of hydrogen-bond donors (Lipinski definition) is 1. The van der Waals surface area contributed by atoms with Gasteiger partial charge in [-0.1, -0.05) is 30.0 Å². The molecule has 1 fully saturated rings. The lowest BCUT2D eigenvalue weighted by Crippen LogP contribution is -2.44. The lowest BCUT2D eigenvalue weighted by atomic mass is 10.1. The molecule has 0 saturated carbocycles. The van der Waals surface area contributed by atoms with Crippen LogP contribution in [0.2, 0.25) is 0 Å². The average Bonchev–Trinajstić information content (AvgIpc) is 3.15. The summed E-state index contributed by atoms with van der Waals surface area (Å²) in [5.41, 5.74) is 4.28. The van der Waals surface area contributed by atoms with Gasteiger partial charge >= 0.3 is 0 Å². The van der Waals surface area contributed by atoms with E-state index in [1.54, 1.807) is 66.7 Å². The molecule has 11 heteroatoms. The standard InChI is InChI=1S/C25H19N3O6S2/c1-33-20-12-8-17(9-13-20)23(29)26-27-24(30)22(36-25(27)35)14-18-4-2-3-5-21(18)34-15-16-6-10-19(11-7-16)28(31)32/h2-14H,15H2,1H3,(H,26,29)/b22-14-. The number of nitro benzene ring substituents is 1. The molecular weight excluding hydrogens is 502 g/mol. The second kappa shape index (κ2) is 11.0. The van der Waals surface area contributed by atoms with E-state index in [-0.39, 0.29) is 16.6 Å². The number of non-ortho nitro benzene ring substituents is 1. The topological polar surface area (TPSA) is 111 Å². The first-order valence-electron chi connectivity index (χ1n) is 10.5. The molecule has 1 heterocycles. The number of amides is 2. The van der Waals surface area contributed by atoms with Gasteiger partial charge in [0.05, 0.1) is 16.9 Å². The van der Waals surface area contributed by atoms with Crippen LogP contribution in [0.15, 0.2) is 77.7 Å². The lowest BCUT2D eigenvalue weighted by molar-refractivity contribution is -0.384. The van der Waals surface area contributed by atoms with Crippen LogP contribution >= 0.6 is 24.0 Å². The number of thiocarbonyl (C=S) groups is 1. The van der Waals surface area contributed by atoms with Crippen LogP contribution in [-0.2, 0) is 11.4 Å². The highest BCUT2D eigenvalue weighted by Gasteiger charge is 2.34. The summed E-state index contributed by atoms with van der Waals surface area (Å²) in [6.45, 7) is 0.182. The van der Waals surface area contributed by atoms with Gasteiger partial charge in [-0.05, 0) is 66.3 Å². The summed E-state index contributed by atoms with van der Waals surface area (Å²) >= 11 is 6.37. The third-order valence-corrected chi connectivity index (χ3v) is 6.41. The zero-order valence-electron chi connectivity index (χ0n) is 18.9. The molecule has 182 valence electrons. The Hall–Kier alpha value is -4.22. The van der Waals surface area contributed by atoms with E-state index in [1.807, 2.05) is 0 Å². The van der Waals surface area contributed by atoms with Gasteiger partial charge in [0.1, 0.15) is 18.1 Å². The van der Waals surface area contributed by atoms with Crippen molar-refractivity contribution in [2.75, 3.05) is 7.11 Å². The fraction of sp³-hybridized carbons (Fsp3) is 0.0800. The molecule has 1 aliphatic heterocycles. The Kier molecular flexibility index (Phi) is 7.62. The SMILES string of the molecule is COc1ccc(C(=O)NN2C(=O)/C(=C/c3ccccc3OCc3ccc([N+](=O)[O-])cc3)SC2=S)cc1. The Morgan fingerprint density at radius 2 is 1.81 bits per heavy atom. The van der Waals surface area contributed by atoms with Crippen molar-refractivity contribution in [3.8, 4) is 11.5 Å². The summed E-state index contributed by atoms with van der Waals surface area (Å²) in [5, 5.41) is 11.9. The Morgan fingerprint density at radius 1 is 1.11 bits per heavy atom. The van der Waals surface area contributed by atoms with Gasteiger partial charge in [0.25, 0.3) is 17.5 Å². The van der Waals surface area contributed by atoms with Gasteiger partial charge in [-0.2, -0.15) is 5.01 Å². The quantitative estimate of drug-likeness (QED) is 0.196. The van der Waals surface area contributed by atoms with E-state index in [9.17, 15) is 19.7 Å². The molecule has 0 spiro atoms. The third kappa shape index (κ3) is 5.70. The molecule has 1 N–H and O–H groups in total. The molecule has 0 aliphatic carbocycles. The van der Waals surface area contributed by atoms with Gasteiger partial charge in [0.15, 0.2) is 4.32 Å². The van der Waals surface area contributed by atoms with Gasteiger partial charge in [-0.15, -0.1) is 0 Å². The van der Waals surface area contributed by atoms with Crippen LogP contribution in [0.5, 0.6) is 11.5 Å². The Labute approximate surface area is 215 Å². The highest BCUT2D eigenvalue weighted by atomic mass is 32.2. The lowest BCUT2D eigenvalue weighted by Gasteiger charge is -2.15. The highest BCUT2D eigenvalue weighted by molar-refractivity contribution is 8.26. The van der Waals surface area contributed by atoms with Crippen LogP contribution in [0, 0.1) is 10.1 Å². The molecule has 0 radical (unpaired) electrons. The predicted molar refractivity (Wildman–Crippen MR) is 139 cm³/mol. The Bertz CT molecular complexity index is 1360. The van der Waals surface area contributed by atoms with E-state index in [4.69, 9.17) is 21.7 Å². The van der Waals surface area contributed by atoms with Crippen LogP contribution in [-0.4, -0.2) is 33.2 Å². The van der Waals surface area contributed by atoms with Crippen LogP contribution < -0.4 is 14.9 Å². The molecule has 1 saturated heterocycles. The summed E-state index contributed by atoms with van der Waals surface area (Å²) in [4.78, 5) is 36.3. The average molecular weight is 522 g/mol. The number of nitrogens with one attached hydrogen (secondary N) is 1. The first kappa shape index (κ1) is 24.9. The number of nitrogens with zero attached hydrogens (tertiary/aromatic N) is 2. The number of hydrogen-bond acceptors (Lipinski definition) is 8. The second-order valence-electron chi connectivity index (χ2n) is 7.44. The summed E-state index contributed by atoms with van der Waals surface area (Å²) in [6, 6.07) is 19.7. The minimum Gasteiger partial charge on any atom is -0.497 e. The van der Waals surface area contributed by atoms with Crippen LogP contribution in [0.3, 0.4) is 0 Å². The molecule has 3 aromatic rings. The largest absolute Gasteiger partial charge is 0.497 e. The zero-order valence-corrected chi connectivity index (χ0v) is 20.5. The number of nitro groups is 1. The molecule has 36 heavy (non-hydrogen) atoms. The number of carbonyl (C=O) groups is 2. The third-order valence-electron chi connectivity index (χ3n) is 5.11. The maximum atomic E-state index is 13.0. The smallest absolute Gasteiger partial charge is 0.285 e. The molecule has 2 amide bonds. The van der Waals surface area contributed by atoms with E-state index < -0.39 is 16.7 Å². The number of thioether (sulfide) groups is 1. The number of hydrazine groups is 1. The Balaban J connectivity index is 1.46. The van der Waals surface area contributed by atoms with Gasteiger partial charge in [0.2, 0.25) is 0 Å². The van der Waals surface area contributed by atoms with Crippen molar-refractivity contribution in [2.45, 2.75) is 6.61 Å². The van der Waals surface area contributed by atoms with Crippen LogP contribution in [0.25, 0.3) is 6.08 Å². The first-order valence-corrected chi connectivity index (χ1v) is 11.8. The summed E-state index contributed by atoms with van der Waals surface area (Å²) in [7, 11) is 1.53. The molecule has 0 aromatic heterocycles. The van der Waals surface area contributed by atoms with Gasteiger partial charge in [-0.25, -0.2) is 0 Å². The van der Waals surface area contributed by atoms with Crippen molar-refractivity contribution in [1.82, 2.24) is 10.4 Å². The first-order chi connectivity index (χ1) is 17.4. The molecule has 9 nitrogen and oxygen atoms in total. The summed E-state index contributed by atoms with van der Waals surface area (Å²) < 4.78 is 11.2. The van der Waals surface area contributed by atoms with E-state index in [2.05, 4.69) is 5.43 Å². The fourth-order valence-electron chi connectivity index (χ4n) is 3.22. The van der Waals surface area contributed by atoms with E-state index in [0.29, 0.717) is 27.5 Å². The monoisotopic (exact) mass is 521 g/mol. The summed E-state index contributed by atoms with van der Waals surface area (Å²) in [5.74, 6) is 0.178. The zero-order chi connectivity index (χ0) is 25.7. The van der Waals surface area contributed by atoms with Gasteiger partial charge in [-0.3, -0.25) is 25.1 Å². The van der Waals surface area contributed by atoms with Crippen molar-refractivity contribution in [3.63, 3.8) is 0 Å². The van der Waals surface area contributed by atoms with Gasteiger partial charge < -0.3 is 9.47 Å². The number of rotatable bonds is 8. The number of methoxy groups -OCH3 is 1. The van der Waals surface area contributed by atoms with Crippen molar-refractivity contribution in [3.05, 3.63) is 105 Å². The predicted octanol–water partition coefficient (Wildman–Crippen LogP) is 4.73. The molecule has 3 aromatic carbocycles. The van der Waals surface area contributed by atoms with Crippen LogP contribution in [0.4, 0.5) is 5.69 Å². The number of benzene rings is 3. The number of carbonyl (C=O) groups excluding carboxylic acids is 2. The molecule has 1 aliphatic rings. The maximum Gasteiger partial charge on any atom is 0.285 e. The minimum atomic E-state index is -0.484. The molecular formula is C25H19N3O6S2. The second-order valence-corrected chi connectivity index (χ2v) is 9.11.